The van der Waals surface area contributed by atoms with Gasteiger partial charge in [0.05, 0.1) is 0 Å². The number of esters is 3. The van der Waals surface area contributed by atoms with Gasteiger partial charge in [0.15, 0.2) is 6.10 Å². The molecule has 0 aliphatic carbocycles. The maximum Gasteiger partial charge on any atom is 0.306 e. The summed E-state index contributed by atoms with van der Waals surface area (Å²) in [4.78, 5) is 38.2. The van der Waals surface area contributed by atoms with Gasteiger partial charge in [-0.1, -0.05) is 295 Å². The zero-order valence-corrected chi connectivity index (χ0v) is 46.6. The molecule has 0 unspecified atom stereocenters. The third-order valence-corrected chi connectivity index (χ3v) is 14.0. The van der Waals surface area contributed by atoms with Gasteiger partial charge in [-0.2, -0.15) is 0 Å². The molecule has 0 fully saturated rings. The lowest BCUT2D eigenvalue weighted by atomic mass is 10.0. The standard InChI is InChI=1S/C63H118O6/c1-4-7-10-13-16-19-22-25-27-29-31-33-35-38-41-44-47-50-53-56-62(65)68-59-60(58-67-61(64)55-52-49-46-43-40-37-24-21-18-15-12-9-6-3)69-63(66)57-54-51-48-45-42-39-36-34-32-30-28-26-23-20-17-14-11-8-5-2/h17,20,26,28,60H,4-16,18-19,21-25,27,29-59H2,1-3H3/b20-17-,28-26-/t60-/m0/s1. The van der Waals surface area contributed by atoms with E-state index in [0.29, 0.717) is 19.3 Å². The van der Waals surface area contributed by atoms with Crippen molar-refractivity contribution in [3.63, 3.8) is 0 Å². The first-order chi connectivity index (χ1) is 34.0. The number of carbonyl (C=O) groups is 3. The molecular formula is C63H118O6. The lowest BCUT2D eigenvalue weighted by molar-refractivity contribution is -0.167. The van der Waals surface area contributed by atoms with Crippen LogP contribution in [0.2, 0.25) is 0 Å². The normalized spacial score (nSPS) is 12.1. The molecule has 0 heterocycles. The van der Waals surface area contributed by atoms with Crippen LogP contribution in [0.15, 0.2) is 24.3 Å². The molecule has 0 radical (unpaired) electrons. The van der Waals surface area contributed by atoms with E-state index in [9.17, 15) is 14.4 Å². The van der Waals surface area contributed by atoms with Gasteiger partial charge in [-0.05, 0) is 51.4 Å². The van der Waals surface area contributed by atoms with E-state index in [2.05, 4.69) is 45.1 Å². The summed E-state index contributed by atoms with van der Waals surface area (Å²) in [5.74, 6) is -0.845. The van der Waals surface area contributed by atoms with Gasteiger partial charge in [0.25, 0.3) is 0 Å². The van der Waals surface area contributed by atoms with Gasteiger partial charge in [-0.3, -0.25) is 14.4 Å². The molecule has 1 atom stereocenters. The molecule has 0 spiro atoms. The predicted molar refractivity (Wildman–Crippen MR) is 298 cm³/mol. The van der Waals surface area contributed by atoms with Crippen molar-refractivity contribution in [2.24, 2.45) is 0 Å². The van der Waals surface area contributed by atoms with Crippen molar-refractivity contribution in [2.45, 2.75) is 348 Å². The summed E-state index contributed by atoms with van der Waals surface area (Å²) in [5, 5.41) is 0. The largest absolute Gasteiger partial charge is 0.462 e. The van der Waals surface area contributed by atoms with Gasteiger partial charge in [0.1, 0.15) is 13.2 Å². The average Bonchev–Trinajstić information content (AvgIpc) is 3.35. The second kappa shape index (κ2) is 58.5. The highest BCUT2D eigenvalue weighted by molar-refractivity contribution is 5.71. The van der Waals surface area contributed by atoms with Gasteiger partial charge < -0.3 is 14.2 Å². The van der Waals surface area contributed by atoms with E-state index in [0.717, 1.165) is 64.2 Å². The summed E-state index contributed by atoms with van der Waals surface area (Å²) in [6.45, 7) is 6.67. The maximum absolute atomic E-state index is 12.9. The van der Waals surface area contributed by atoms with E-state index in [1.807, 2.05) is 0 Å². The Morgan fingerprint density at radius 1 is 0.290 bits per heavy atom. The zero-order valence-electron chi connectivity index (χ0n) is 46.6. The van der Waals surface area contributed by atoms with Crippen LogP contribution >= 0.6 is 0 Å². The van der Waals surface area contributed by atoms with Crippen LogP contribution in [0.3, 0.4) is 0 Å². The molecule has 0 bridgehead atoms. The molecule has 0 aromatic heterocycles. The predicted octanol–water partition coefficient (Wildman–Crippen LogP) is 20.7. The molecule has 0 aromatic rings. The summed E-state index contributed by atoms with van der Waals surface area (Å²) in [6, 6.07) is 0. The summed E-state index contributed by atoms with van der Waals surface area (Å²) in [7, 11) is 0. The highest BCUT2D eigenvalue weighted by Crippen LogP contribution is 2.18. The third-order valence-electron chi connectivity index (χ3n) is 14.0. The molecule has 0 aliphatic rings. The summed E-state index contributed by atoms with van der Waals surface area (Å²) < 4.78 is 16.9. The van der Waals surface area contributed by atoms with Crippen LogP contribution in [-0.4, -0.2) is 37.2 Å². The van der Waals surface area contributed by atoms with E-state index in [-0.39, 0.29) is 31.1 Å². The maximum atomic E-state index is 12.9. The number of hydrogen-bond donors (Lipinski definition) is 0. The number of allylic oxidation sites excluding steroid dienone is 4. The van der Waals surface area contributed by atoms with E-state index >= 15 is 0 Å². The molecule has 6 heteroatoms. The fraction of sp³-hybridized carbons (Fsp3) is 0.889. The van der Waals surface area contributed by atoms with Crippen LogP contribution in [0.4, 0.5) is 0 Å². The fourth-order valence-corrected chi connectivity index (χ4v) is 9.30. The van der Waals surface area contributed by atoms with Crippen molar-refractivity contribution in [2.75, 3.05) is 13.2 Å². The Hall–Kier alpha value is -2.11. The lowest BCUT2D eigenvalue weighted by Gasteiger charge is -2.18. The van der Waals surface area contributed by atoms with Crippen molar-refractivity contribution in [1.29, 1.82) is 0 Å². The second-order valence-electron chi connectivity index (χ2n) is 21.0. The van der Waals surface area contributed by atoms with Crippen molar-refractivity contribution >= 4 is 17.9 Å². The summed E-state index contributed by atoms with van der Waals surface area (Å²) in [6.07, 6.45) is 68.9. The Balaban J connectivity index is 4.29. The quantitative estimate of drug-likeness (QED) is 0.0261. The Bertz CT molecular complexity index is 1110. The number of rotatable bonds is 57. The molecule has 0 amide bonds. The van der Waals surface area contributed by atoms with Gasteiger partial charge in [-0.15, -0.1) is 0 Å². The molecule has 0 N–H and O–H groups in total. The van der Waals surface area contributed by atoms with E-state index in [1.54, 1.807) is 0 Å². The molecule has 0 saturated carbocycles. The van der Waals surface area contributed by atoms with Gasteiger partial charge in [0, 0.05) is 19.3 Å². The fourth-order valence-electron chi connectivity index (χ4n) is 9.30. The van der Waals surface area contributed by atoms with Gasteiger partial charge >= 0.3 is 17.9 Å². The van der Waals surface area contributed by atoms with Crippen molar-refractivity contribution in [1.82, 2.24) is 0 Å². The molecular weight excluding hydrogens is 853 g/mol. The minimum Gasteiger partial charge on any atom is -0.462 e. The molecule has 406 valence electrons. The lowest BCUT2D eigenvalue weighted by Crippen LogP contribution is -2.30. The Morgan fingerprint density at radius 2 is 0.522 bits per heavy atom. The van der Waals surface area contributed by atoms with E-state index in [4.69, 9.17) is 14.2 Å². The Morgan fingerprint density at radius 3 is 0.826 bits per heavy atom. The molecule has 0 aromatic carbocycles. The van der Waals surface area contributed by atoms with Crippen LogP contribution in [-0.2, 0) is 28.6 Å². The smallest absolute Gasteiger partial charge is 0.306 e. The molecule has 0 rings (SSSR count). The number of ether oxygens (including phenoxy) is 3. The van der Waals surface area contributed by atoms with Crippen molar-refractivity contribution in [3.05, 3.63) is 24.3 Å². The summed E-state index contributed by atoms with van der Waals surface area (Å²) in [5.41, 5.74) is 0. The number of carbonyl (C=O) groups excluding carboxylic acids is 3. The second-order valence-corrected chi connectivity index (χ2v) is 21.0. The van der Waals surface area contributed by atoms with Crippen LogP contribution in [0.25, 0.3) is 0 Å². The minimum atomic E-state index is -0.769. The topological polar surface area (TPSA) is 78.9 Å². The van der Waals surface area contributed by atoms with E-state index < -0.39 is 6.10 Å². The van der Waals surface area contributed by atoms with Crippen LogP contribution in [0.1, 0.15) is 342 Å². The Labute approximate surface area is 430 Å². The van der Waals surface area contributed by atoms with Gasteiger partial charge in [0.2, 0.25) is 0 Å². The molecule has 0 aliphatic heterocycles. The van der Waals surface area contributed by atoms with Crippen molar-refractivity contribution < 1.29 is 28.6 Å². The van der Waals surface area contributed by atoms with Crippen LogP contribution in [0, 0.1) is 0 Å². The van der Waals surface area contributed by atoms with Crippen molar-refractivity contribution in [3.8, 4) is 0 Å². The molecule has 0 saturated heterocycles. The number of hydrogen-bond acceptors (Lipinski definition) is 6. The highest BCUT2D eigenvalue weighted by Gasteiger charge is 2.19. The minimum absolute atomic E-state index is 0.0669. The molecule has 6 nitrogen and oxygen atoms in total. The SMILES string of the molecule is CCCCC/C=C\C/C=C\CCCCCCCCCCCC(=O)O[C@@H](COC(=O)CCCCCCCCCCCCCCC)COC(=O)CCCCCCCCCCCCCCCCCCCCC. The molecule has 69 heavy (non-hydrogen) atoms. The van der Waals surface area contributed by atoms with Crippen LogP contribution in [0.5, 0.6) is 0 Å². The van der Waals surface area contributed by atoms with Crippen LogP contribution < -0.4 is 0 Å². The van der Waals surface area contributed by atoms with E-state index in [1.165, 1.54) is 238 Å². The monoisotopic (exact) mass is 971 g/mol. The average molecular weight is 972 g/mol. The third kappa shape index (κ3) is 56.7. The van der Waals surface area contributed by atoms with Gasteiger partial charge in [-0.25, -0.2) is 0 Å². The number of unbranched alkanes of at least 4 members (excludes halogenated alkanes) is 42. The summed E-state index contributed by atoms with van der Waals surface area (Å²) >= 11 is 0. The zero-order chi connectivity index (χ0) is 50.0. The first-order valence-electron chi connectivity index (χ1n) is 30.8. The first-order valence-corrected chi connectivity index (χ1v) is 30.8. The Kier molecular flexibility index (Phi) is 56.7. The highest BCUT2D eigenvalue weighted by atomic mass is 16.6. The first kappa shape index (κ1) is 66.9.